The predicted octanol–water partition coefficient (Wildman–Crippen LogP) is 2.27. The number of hydrogen-bond acceptors (Lipinski definition) is 6. The number of anilines is 1. The van der Waals surface area contributed by atoms with E-state index in [0.29, 0.717) is 16.6 Å². The molecule has 0 unspecified atom stereocenters. The highest BCUT2D eigenvalue weighted by molar-refractivity contribution is 7.15. The Bertz CT molecular complexity index is 572. The van der Waals surface area contributed by atoms with Crippen LogP contribution in [0, 0.1) is 10.1 Å². The number of hydrogen-bond donors (Lipinski definition) is 1. The van der Waals surface area contributed by atoms with E-state index < -0.39 is 4.92 Å². The second kappa shape index (κ2) is 4.64. The second-order valence-corrected chi connectivity index (χ2v) is 4.75. The average Bonchev–Trinajstić information content (AvgIpc) is 2.66. The van der Waals surface area contributed by atoms with E-state index >= 15 is 0 Å². The second-order valence-electron chi connectivity index (χ2n) is 3.25. The first-order chi connectivity index (χ1) is 8.06. The molecular formula is C9H7ClN4O2S. The lowest BCUT2D eigenvalue weighted by Gasteiger charge is -1.99. The lowest BCUT2D eigenvalue weighted by molar-refractivity contribution is -0.384. The van der Waals surface area contributed by atoms with E-state index in [9.17, 15) is 10.1 Å². The maximum Gasteiger partial charge on any atom is 0.288 e. The van der Waals surface area contributed by atoms with Crippen molar-refractivity contribution in [1.82, 2.24) is 10.2 Å². The Morgan fingerprint density at radius 2 is 2.24 bits per heavy atom. The minimum atomic E-state index is -0.514. The molecule has 2 N–H and O–H groups in total. The largest absolute Gasteiger partial charge is 0.374 e. The Morgan fingerprint density at radius 1 is 1.47 bits per heavy atom. The summed E-state index contributed by atoms with van der Waals surface area (Å²) in [5.41, 5.74) is 6.09. The van der Waals surface area contributed by atoms with Crippen LogP contribution >= 0.6 is 22.9 Å². The molecule has 0 spiro atoms. The number of nitro groups is 1. The average molecular weight is 271 g/mol. The van der Waals surface area contributed by atoms with Gasteiger partial charge in [0.1, 0.15) is 10.0 Å². The maximum atomic E-state index is 10.7. The summed E-state index contributed by atoms with van der Waals surface area (Å²) >= 11 is 6.97. The molecule has 0 atom stereocenters. The number of halogens is 1. The Balaban J connectivity index is 2.28. The van der Waals surface area contributed by atoms with Gasteiger partial charge in [0.05, 0.1) is 4.92 Å². The van der Waals surface area contributed by atoms with Crippen LogP contribution in [0.3, 0.4) is 0 Å². The van der Waals surface area contributed by atoms with Crippen molar-refractivity contribution in [3.63, 3.8) is 0 Å². The fourth-order valence-corrected chi connectivity index (χ4v) is 2.15. The Labute approximate surface area is 105 Å². The molecule has 6 nitrogen and oxygen atoms in total. The summed E-state index contributed by atoms with van der Waals surface area (Å²) in [5, 5.41) is 19.4. The van der Waals surface area contributed by atoms with Crippen LogP contribution in [-0.4, -0.2) is 15.1 Å². The van der Waals surface area contributed by atoms with Gasteiger partial charge in [-0.2, -0.15) is 0 Å². The molecule has 2 aromatic rings. The van der Waals surface area contributed by atoms with E-state index in [-0.39, 0.29) is 10.7 Å². The minimum Gasteiger partial charge on any atom is -0.374 e. The molecule has 2 rings (SSSR count). The summed E-state index contributed by atoms with van der Waals surface area (Å²) in [7, 11) is 0. The first kappa shape index (κ1) is 11.7. The summed E-state index contributed by atoms with van der Waals surface area (Å²) in [6, 6.07) is 4.65. The van der Waals surface area contributed by atoms with Gasteiger partial charge in [0, 0.05) is 12.5 Å². The lowest BCUT2D eigenvalue weighted by Crippen LogP contribution is -1.93. The number of rotatable bonds is 3. The Kier molecular flexibility index (Phi) is 3.21. The highest BCUT2D eigenvalue weighted by Gasteiger charge is 2.13. The van der Waals surface area contributed by atoms with Crippen LogP contribution in [0.2, 0.25) is 5.02 Å². The van der Waals surface area contributed by atoms with Gasteiger partial charge in [-0.3, -0.25) is 10.1 Å². The SMILES string of the molecule is Nc1nnc(Cc2ccc(Cl)c([N+](=O)[O-])c2)s1. The molecular weight excluding hydrogens is 264 g/mol. The van der Waals surface area contributed by atoms with Gasteiger partial charge in [-0.25, -0.2) is 0 Å². The number of nitrogen functional groups attached to an aromatic ring is 1. The molecule has 0 saturated heterocycles. The van der Waals surface area contributed by atoms with Gasteiger partial charge in [0.15, 0.2) is 0 Å². The van der Waals surface area contributed by atoms with Crippen molar-refractivity contribution in [2.45, 2.75) is 6.42 Å². The number of nitrogens with zero attached hydrogens (tertiary/aromatic N) is 3. The Morgan fingerprint density at radius 3 is 2.82 bits per heavy atom. The first-order valence-electron chi connectivity index (χ1n) is 4.57. The van der Waals surface area contributed by atoms with Crippen LogP contribution in [0.1, 0.15) is 10.6 Å². The molecule has 0 radical (unpaired) electrons. The Hall–Kier alpha value is -1.73. The van der Waals surface area contributed by atoms with E-state index in [1.54, 1.807) is 6.07 Å². The van der Waals surface area contributed by atoms with Crippen LogP contribution < -0.4 is 5.73 Å². The molecule has 0 bridgehead atoms. The van der Waals surface area contributed by atoms with Gasteiger partial charge < -0.3 is 5.73 Å². The molecule has 0 aliphatic rings. The summed E-state index contributed by atoms with van der Waals surface area (Å²) in [5.74, 6) is 0. The van der Waals surface area contributed by atoms with Gasteiger partial charge in [0.2, 0.25) is 5.13 Å². The van der Waals surface area contributed by atoms with Crippen molar-refractivity contribution in [3.05, 3.63) is 43.9 Å². The lowest BCUT2D eigenvalue weighted by atomic mass is 10.1. The molecule has 1 aromatic heterocycles. The zero-order valence-electron chi connectivity index (χ0n) is 8.46. The molecule has 88 valence electrons. The molecule has 0 amide bonds. The molecule has 17 heavy (non-hydrogen) atoms. The van der Waals surface area contributed by atoms with Gasteiger partial charge in [0.25, 0.3) is 5.69 Å². The normalized spacial score (nSPS) is 10.4. The van der Waals surface area contributed by atoms with E-state index in [1.807, 2.05) is 0 Å². The van der Waals surface area contributed by atoms with Crippen molar-refractivity contribution in [1.29, 1.82) is 0 Å². The maximum absolute atomic E-state index is 10.7. The number of nitrogens with two attached hydrogens (primary N) is 1. The third-order valence-corrected chi connectivity index (χ3v) is 3.12. The highest BCUT2D eigenvalue weighted by atomic mass is 35.5. The summed E-state index contributed by atoms with van der Waals surface area (Å²) in [4.78, 5) is 10.2. The van der Waals surface area contributed by atoms with Gasteiger partial charge in [-0.05, 0) is 11.6 Å². The third-order valence-electron chi connectivity index (χ3n) is 2.05. The quantitative estimate of drug-likeness (QED) is 0.682. The molecule has 0 aliphatic heterocycles. The first-order valence-corrected chi connectivity index (χ1v) is 5.76. The van der Waals surface area contributed by atoms with Crippen LogP contribution in [-0.2, 0) is 6.42 Å². The van der Waals surface area contributed by atoms with Gasteiger partial charge >= 0.3 is 0 Å². The van der Waals surface area contributed by atoms with Crippen molar-refractivity contribution in [2.75, 3.05) is 5.73 Å². The van der Waals surface area contributed by atoms with Crippen molar-refractivity contribution >= 4 is 33.8 Å². The zero-order valence-corrected chi connectivity index (χ0v) is 10.0. The van der Waals surface area contributed by atoms with E-state index in [0.717, 1.165) is 5.56 Å². The zero-order chi connectivity index (χ0) is 12.4. The van der Waals surface area contributed by atoms with Crippen molar-refractivity contribution < 1.29 is 4.92 Å². The molecule has 1 heterocycles. The smallest absolute Gasteiger partial charge is 0.288 e. The summed E-state index contributed by atoms with van der Waals surface area (Å²) in [6.45, 7) is 0. The molecule has 0 aliphatic carbocycles. The topological polar surface area (TPSA) is 94.9 Å². The molecule has 0 saturated carbocycles. The van der Waals surface area contributed by atoms with Crippen LogP contribution in [0.15, 0.2) is 18.2 Å². The van der Waals surface area contributed by atoms with Gasteiger partial charge in [-0.15, -0.1) is 10.2 Å². The van der Waals surface area contributed by atoms with Crippen molar-refractivity contribution in [3.8, 4) is 0 Å². The highest BCUT2D eigenvalue weighted by Crippen LogP contribution is 2.26. The summed E-state index contributed by atoms with van der Waals surface area (Å²) < 4.78 is 0. The van der Waals surface area contributed by atoms with Crippen LogP contribution in [0.4, 0.5) is 10.8 Å². The number of aromatic nitrogens is 2. The number of benzene rings is 1. The molecule has 1 aromatic carbocycles. The minimum absolute atomic E-state index is 0.110. The summed E-state index contributed by atoms with van der Waals surface area (Å²) in [6.07, 6.45) is 0.451. The van der Waals surface area contributed by atoms with Crippen molar-refractivity contribution in [2.24, 2.45) is 0 Å². The predicted molar refractivity (Wildman–Crippen MR) is 65.2 cm³/mol. The van der Waals surface area contributed by atoms with Gasteiger partial charge in [-0.1, -0.05) is 29.0 Å². The van der Waals surface area contributed by atoms with Crippen LogP contribution in [0.25, 0.3) is 0 Å². The third kappa shape index (κ3) is 2.69. The standard InChI is InChI=1S/C9H7ClN4O2S/c10-6-2-1-5(3-7(6)14(15)16)4-8-12-13-9(11)17-8/h1-3H,4H2,(H2,11,13). The van der Waals surface area contributed by atoms with E-state index in [4.69, 9.17) is 17.3 Å². The fraction of sp³-hybridized carbons (Fsp3) is 0.111. The fourth-order valence-electron chi connectivity index (χ4n) is 1.32. The molecule has 0 fully saturated rings. The van der Waals surface area contributed by atoms with E-state index in [1.165, 1.54) is 23.5 Å². The molecule has 8 heteroatoms. The number of nitro benzene ring substituents is 1. The van der Waals surface area contributed by atoms with Crippen LogP contribution in [0.5, 0.6) is 0 Å². The monoisotopic (exact) mass is 270 g/mol. The van der Waals surface area contributed by atoms with E-state index in [2.05, 4.69) is 10.2 Å².